The van der Waals surface area contributed by atoms with Crippen molar-refractivity contribution in [1.29, 1.82) is 0 Å². The lowest BCUT2D eigenvalue weighted by atomic mass is 9.96. The Balaban J connectivity index is 1.88. The van der Waals surface area contributed by atoms with Crippen LogP contribution in [0.2, 0.25) is 0 Å². The van der Waals surface area contributed by atoms with Crippen LogP contribution in [0, 0.1) is 5.92 Å². The third-order valence-electron chi connectivity index (χ3n) is 3.96. The highest BCUT2D eigenvalue weighted by Crippen LogP contribution is 2.40. The van der Waals surface area contributed by atoms with Gasteiger partial charge in [0.05, 0.1) is 11.7 Å². The molecular weight excluding hydrogens is 398 g/mol. The largest absolute Gasteiger partial charge is 0.376 e. The lowest BCUT2D eigenvalue weighted by molar-refractivity contribution is 0.475. The molecule has 106 valence electrons. The van der Waals surface area contributed by atoms with Gasteiger partial charge in [-0.25, -0.2) is 0 Å². The van der Waals surface area contributed by atoms with E-state index in [0.717, 1.165) is 14.9 Å². The third-order valence-corrected chi connectivity index (χ3v) is 6.10. The standard InChI is InChI=1S/C16H17Br2NS/c17-12-7-8-13(18)14(10-12)19-16(11-4-1-2-5-11)15-6-3-9-20-15/h3,6-11,16,19H,1-2,4-5H2. The fourth-order valence-corrected chi connectivity index (χ4v) is 4.55. The van der Waals surface area contributed by atoms with Crippen molar-refractivity contribution in [2.45, 2.75) is 31.7 Å². The Hall–Kier alpha value is -0.320. The second-order valence-corrected chi connectivity index (χ2v) is 8.06. The van der Waals surface area contributed by atoms with Gasteiger partial charge in [-0.2, -0.15) is 0 Å². The monoisotopic (exact) mass is 413 g/mol. The van der Waals surface area contributed by atoms with Crippen LogP contribution in [0.1, 0.15) is 36.6 Å². The molecule has 3 rings (SSSR count). The maximum absolute atomic E-state index is 3.77. The number of thiophene rings is 1. The Morgan fingerprint density at radius 1 is 1.15 bits per heavy atom. The minimum absolute atomic E-state index is 0.433. The molecule has 1 nitrogen and oxygen atoms in total. The molecule has 20 heavy (non-hydrogen) atoms. The summed E-state index contributed by atoms with van der Waals surface area (Å²) in [5.74, 6) is 0.750. The van der Waals surface area contributed by atoms with Crippen LogP contribution in [-0.2, 0) is 0 Å². The molecule has 0 radical (unpaired) electrons. The predicted molar refractivity (Wildman–Crippen MR) is 94.5 cm³/mol. The van der Waals surface area contributed by atoms with Crippen LogP contribution in [0.15, 0.2) is 44.7 Å². The number of hydrogen-bond acceptors (Lipinski definition) is 2. The fourth-order valence-electron chi connectivity index (χ4n) is 2.96. The zero-order valence-corrected chi connectivity index (χ0v) is 15.1. The van der Waals surface area contributed by atoms with E-state index in [4.69, 9.17) is 0 Å². The van der Waals surface area contributed by atoms with Crippen molar-refractivity contribution < 1.29 is 0 Å². The minimum Gasteiger partial charge on any atom is -0.376 e. The maximum Gasteiger partial charge on any atom is 0.0635 e. The summed E-state index contributed by atoms with van der Waals surface area (Å²) in [6, 6.07) is 11.1. The van der Waals surface area contributed by atoms with Gasteiger partial charge in [0.1, 0.15) is 0 Å². The molecule has 0 aliphatic heterocycles. The summed E-state index contributed by atoms with van der Waals surface area (Å²) in [4.78, 5) is 1.45. The number of benzene rings is 1. The molecule has 1 atom stereocenters. The van der Waals surface area contributed by atoms with Gasteiger partial charge < -0.3 is 5.32 Å². The topological polar surface area (TPSA) is 12.0 Å². The maximum atomic E-state index is 3.77. The first-order chi connectivity index (χ1) is 9.74. The van der Waals surface area contributed by atoms with Crippen molar-refractivity contribution in [1.82, 2.24) is 0 Å². The van der Waals surface area contributed by atoms with E-state index in [0.29, 0.717) is 6.04 Å². The number of anilines is 1. The molecular formula is C16H17Br2NS. The van der Waals surface area contributed by atoms with E-state index in [9.17, 15) is 0 Å². The fraction of sp³-hybridized carbons (Fsp3) is 0.375. The molecule has 1 N–H and O–H groups in total. The zero-order chi connectivity index (χ0) is 13.9. The first-order valence-electron chi connectivity index (χ1n) is 6.99. The Morgan fingerprint density at radius 3 is 2.65 bits per heavy atom. The van der Waals surface area contributed by atoms with Crippen molar-refractivity contribution in [2.75, 3.05) is 5.32 Å². The Labute approximate surface area is 141 Å². The molecule has 1 aliphatic carbocycles. The Morgan fingerprint density at radius 2 is 1.95 bits per heavy atom. The van der Waals surface area contributed by atoms with Crippen LogP contribution >= 0.6 is 43.2 Å². The first-order valence-corrected chi connectivity index (χ1v) is 9.45. The molecule has 1 heterocycles. The van der Waals surface area contributed by atoms with Gasteiger partial charge in [-0.3, -0.25) is 0 Å². The molecule has 4 heteroatoms. The summed E-state index contributed by atoms with van der Waals surface area (Å²) in [7, 11) is 0. The average molecular weight is 415 g/mol. The van der Waals surface area contributed by atoms with E-state index in [-0.39, 0.29) is 0 Å². The van der Waals surface area contributed by atoms with Crippen LogP contribution in [0.25, 0.3) is 0 Å². The van der Waals surface area contributed by atoms with Gasteiger partial charge >= 0.3 is 0 Å². The summed E-state index contributed by atoms with van der Waals surface area (Å²) >= 11 is 9.07. The molecule has 1 aromatic heterocycles. The van der Waals surface area contributed by atoms with E-state index >= 15 is 0 Å². The molecule has 0 bridgehead atoms. The van der Waals surface area contributed by atoms with Gasteiger partial charge in [-0.15, -0.1) is 11.3 Å². The van der Waals surface area contributed by atoms with E-state index in [1.807, 2.05) is 11.3 Å². The van der Waals surface area contributed by atoms with Crippen molar-refractivity contribution in [2.24, 2.45) is 5.92 Å². The molecule has 1 aliphatic rings. The number of nitrogens with one attached hydrogen (secondary N) is 1. The van der Waals surface area contributed by atoms with Gasteiger partial charge in [0.2, 0.25) is 0 Å². The molecule has 1 unspecified atom stereocenters. The van der Waals surface area contributed by atoms with Crippen molar-refractivity contribution in [3.8, 4) is 0 Å². The summed E-state index contributed by atoms with van der Waals surface area (Å²) in [6.07, 6.45) is 5.41. The van der Waals surface area contributed by atoms with Crippen LogP contribution in [-0.4, -0.2) is 0 Å². The van der Waals surface area contributed by atoms with Crippen molar-refractivity contribution >= 4 is 48.9 Å². The lowest BCUT2D eigenvalue weighted by Gasteiger charge is -2.25. The number of halogens is 2. The van der Waals surface area contributed by atoms with E-state index in [1.165, 1.54) is 36.2 Å². The van der Waals surface area contributed by atoms with Gasteiger partial charge in [-0.05, 0) is 64.3 Å². The zero-order valence-electron chi connectivity index (χ0n) is 11.1. The quantitative estimate of drug-likeness (QED) is 0.592. The van der Waals surface area contributed by atoms with Crippen molar-refractivity contribution in [3.05, 3.63) is 49.5 Å². The number of rotatable bonds is 4. The summed E-state index contributed by atoms with van der Waals surface area (Å²) in [6.45, 7) is 0. The normalized spacial score (nSPS) is 17.3. The average Bonchev–Trinajstić information content (AvgIpc) is 3.12. The van der Waals surface area contributed by atoms with Crippen molar-refractivity contribution in [3.63, 3.8) is 0 Å². The van der Waals surface area contributed by atoms with Gasteiger partial charge in [0.15, 0.2) is 0 Å². The lowest BCUT2D eigenvalue weighted by Crippen LogP contribution is -2.18. The van der Waals surface area contributed by atoms with Crippen LogP contribution in [0.3, 0.4) is 0 Å². The van der Waals surface area contributed by atoms with Gasteiger partial charge in [0.25, 0.3) is 0 Å². The molecule has 1 aromatic carbocycles. The Bertz CT molecular complexity index is 562. The summed E-state index contributed by atoms with van der Waals surface area (Å²) in [5, 5.41) is 5.94. The highest BCUT2D eigenvalue weighted by molar-refractivity contribution is 9.11. The van der Waals surface area contributed by atoms with Crippen LogP contribution in [0.5, 0.6) is 0 Å². The molecule has 1 saturated carbocycles. The number of hydrogen-bond donors (Lipinski definition) is 1. The highest BCUT2D eigenvalue weighted by Gasteiger charge is 2.27. The molecule has 0 saturated heterocycles. The molecule has 0 spiro atoms. The molecule has 0 amide bonds. The summed E-state index contributed by atoms with van der Waals surface area (Å²) < 4.78 is 2.24. The van der Waals surface area contributed by atoms with E-state index in [2.05, 4.69) is 72.9 Å². The highest BCUT2D eigenvalue weighted by atomic mass is 79.9. The molecule has 1 fully saturated rings. The van der Waals surface area contributed by atoms with E-state index < -0.39 is 0 Å². The SMILES string of the molecule is Brc1ccc(Br)c(NC(c2cccs2)C2CCCC2)c1. The third kappa shape index (κ3) is 3.29. The van der Waals surface area contributed by atoms with Crippen LogP contribution < -0.4 is 5.32 Å². The molecule has 2 aromatic rings. The van der Waals surface area contributed by atoms with Gasteiger partial charge in [-0.1, -0.05) is 34.8 Å². The second kappa shape index (κ2) is 6.63. The van der Waals surface area contributed by atoms with Crippen LogP contribution in [0.4, 0.5) is 5.69 Å². The summed E-state index contributed by atoms with van der Waals surface area (Å²) in [5.41, 5.74) is 1.17. The Kier molecular flexibility index (Phi) is 4.84. The second-order valence-electron chi connectivity index (χ2n) is 5.31. The van der Waals surface area contributed by atoms with E-state index in [1.54, 1.807) is 0 Å². The predicted octanol–water partition coefficient (Wildman–Crippen LogP) is 6.62. The smallest absolute Gasteiger partial charge is 0.0635 e. The van der Waals surface area contributed by atoms with Gasteiger partial charge in [0, 0.05) is 13.8 Å². The first kappa shape index (κ1) is 14.6. The minimum atomic E-state index is 0.433.